The lowest BCUT2D eigenvalue weighted by atomic mass is 9.95. The average molecular weight is 432 g/mol. The molecule has 2 aromatic carbocycles. The van der Waals surface area contributed by atoms with Crippen LogP contribution in [0.15, 0.2) is 42.6 Å². The molecule has 1 aliphatic carbocycles. The Balaban J connectivity index is 1.61. The van der Waals surface area contributed by atoms with Gasteiger partial charge in [-0.2, -0.15) is 0 Å². The summed E-state index contributed by atoms with van der Waals surface area (Å²) in [4.78, 5) is 19.2. The summed E-state index contributed by atoms with van der Waals surface area (Å²) in [6, 6.07) is 10.8. The van der Waals surface area contributed by atoms with E-state index in [1.165, 1.54) is 6.07 Å². The number of halogens is 1. The number of carbonyl (C=O) groups excluding carboxylic acids is 1. The molecule has 0 unspecified atom stereocenters. The van der Waals surface area contributed by atoms with Gasteiger partial charge in [-0.25, -0.2) is 9.37 Å². The zero-order chi connectivity index (χ0) is 22.4. The minimum Gasteiger partial charge on any atom is -0.491 e. The Morgan fingerprint density at radius 2 is 2.00 bits per heavy atom. The van der Waals surface area contributed by atoms with Gasteiger partial charge in [0.15, 0.2) is 0 Å². The van der Waals surface area contributed by atoms with Crippen molar-refractivity contribution in [1.29, 1.82) is 0 Å². The van der Waals surface area contributed by atoms with Crippen molar-refractivity contribution in [3.63, 3.8) is 0 Å². The van der Waals surface area contributed by atoms with Gasteiger partial charge < -0.3 is 21.1 Å². The number of carbonyl (C=O) groups is 1. The van der Waals surface area contributed by atoms with E-state index in [0.717, 1.165) is 35.1 Å². The van der Waals surface area contributed by atoms with Crippen LogP contribution in [-0.2, 0) is 6.42 Å². The molecule has 2 heterocycles. The number of nitrogen functional groups attached to an aromatic ring is 2. The summed E-state index contributed by atoms with van der Waals surface area (Å²) >= 11 is 0. The standard InChI is InChI=1S/C25H25FN4O2/c1-2-16-17(18-8-9-29-24(28)23(18)27)4-3-5-20(16)30-10-11-32-21-13-15(14-6-7-14)12-19(26)22(21)25(30)31/h3-5,8-9,12-14H,2,6-7,10-11,27H2,1H3,(H2,28,29). The highest BCUT2D eigenvalue weighted by Gasteiger charge is 2.32. The lowest BCUT2D eigenvalue weighted by molar-refractivity contribution is 0.0986. The molecule has 164 valence electrons. The SMILES string of the molecule is CCc1c(-c2ccnc(N)c2N)cccc1N1CCOc2cc(C3CC3)cc(F)c2C1=O. The lowest BCUT2D eigenvalue weighted by Crippen LogP contribution is -2.33. The third-order valence-corrected chi connectivity index (χ3v) is 6.26. The molecule has 0 saturated heterocycles. The van der Waals surface area contributed by atoms with Crippen LogP contribution in [0.3, 0.4) is 0 Å². The van der Waals surface area contributed by atoms with E-state index in [1.54, 1.807) is 11.1 Å². The molecule has 32 heavy (non-hydrogen) atoms. The van der Waals surface area contributed by atoms with Crippen LogP contribution in [0.25, 0.3) is 11.1 Å². The van der Waals surface area contributed by atoms with Gasteiger partial charge in [0.1, 0.15) is 29.6 Å². The number of pyridine rings is 1. The predicted molar refractivity (Wildman–Crippen MR) is 123 cm³/mol. The second-order valence-corrected chi connectivity index (χ2v) is 8.27. The summed E-state index contributed by atoms with van der Waals surface area (Å²) in [6.07, 6.45) is 4.36. The molecule has 2 aliphatic rings. The van der Waals surface area contributed by atoms with Crippen molar-refractivity contribution in [3.8, 4) is 16.9 Å². The van der Waals surface area contributed by atoms with E-state index in [2.05, 4.69) is 4.98 Å². The first kappa shape index (κ1) is 20.3. The molecule has 1 amide bonds. The topological polar surface area (TPSA) is 94.5 Å². The fourth-order valence-electron chi connectivity index (χ4n) is 4.46. The highest BCUT2D eigenvalue weighted by Crippen LogP contribution is 2.43. The molecule has 4 N–H and O–H groups in total. The number of nitrogens with zero attached hydrogens (tertiary/aromatic N) is 2. The van der Waals surface area contributed by atoms with Gasteiger partial charge in [-0.15, -0.1) is 0 Å². The molecule has 7 heteroatoms. The monoisotopic (exact) mass is 432 g/mol. The molecule has 5 rings (SSSR count). The second kappa shape index (κ2) is 7.82. The Kier molecular flexibility index (Phi) is 4.96. The first-order valence-corrected chi connectivity index (χ1v) is 10.9. The van der Waals surface area contributed by atoms with E-state index in [0.29, 0.717) is 36.0 Å². The maximum atomic E-state index is 15.1. The normalized spacial score (nSPS) is 15.8. The van der Waals surface area contributed by atoms with Crippen LogP contribution in [0.1, 0.15) is 47.2 Å². The number of fused-ring (bicyclic) bond motifs is 1. The smallest absolute Gasteiger partial charge is 0.265 e. The minimum absolute atomic E-state index is 0.00738. The Labute approximate surface area is 186 Å². The number of aromatic nitrogens is 1. The van der Waals surface area contributed by atoms with Gasteiger partial charge in [-0.3, -0.25) is 4.79 Å². The highest BCUT2D eigenvalue weighted by molar-refractivity contribution is 6.09. The first-order valence-electron chi connectivity index (χ1n) is 10.9. The van der Waals surface area contributed by atoms with Gasteiger partial charge in [-0.1, -0.05) is 19.1 Å². The summed E-state index contributed by atoms with van der Waals surface area (Å²) in [6.45, 7) is 2.61. The molecule has 0 bridgehead atoms. The molecule has 1 aromatic heterocycles. The molecule has 0 atom stereocenters. The van der Waals surface area contributed by atoms with Crippen molar-refractivity contribution in [2.75, 3.05) is 29.5 Å². The predicted octanol–water partition coefficient (Wildman–Crippen LogP) is 4.53. The second-order valence-electron chi connectivity index (χ2n) is 8.27. The van der Waals surface area contributed by atoms with E-state index in [1.807, 2.05) is 37.3 Å². The van der Waals surface area contributed by atoms with Gasteiger partial charge >= 0.3 is 0 Å². The van der Waals surface area contributed by atoms with E-state index in [9.17, 15) is 4.79 Å². The number of nitrogens with two attached hydrogens (primary N) is 2. The summed E-state index contributed by atoms with van der Waals surface area (Å²) < 4.78 is 20.9. The highest BCUT2D eigenvalue weighted by atomic mass is 19.1. The maximum Gasteiger partial charge on any atom is 0.265 e. The maximum absolute atomic E-state index is 15.1. The van der Waals surface area contributed by atoms with Crippen molar-refractivity contribution in [2.45, 2.75) is 32.1 Å². The van der Waals surface area contributed by atoms with Crippen molar-refractivity contribution in [2.24, 2.45) is 0 Å². The third-order valence-electron chi connectivity index (χ3n) is 6.26. The van der Waals surface area contributed by atoms with Gasteiger partial charge in [0.25, 0.3) is 5.91 Å². The minimum atomic E-state index is -0.526. The van der Waals surface area contributed by atoms with Gasteiger partial charge in [-0.05, 0) is 66.1 Å². The average Bonchev–Trinajstić information content (AvgIpc) is 3.63. The number of anilines is 3. The first-order chi connectivity index (χ1) is 15.5. The van der Waals surface area contributed by atoms with Crippen molar-refractivity contribution < 1.29 is 13.9 Å². The van der Waals surface area contributed by atoms with Crippen LogP contribution in [0, 0.1) is 5.82 Å². The van der Waals surface area contributed by atoms with Crippen LogP contribution in [0.4, 0.5) is 21.6 Å². The molecule has 0 spiro atoms. The fraction of sp³-hybridized carbons (Fsp3) is 0.280. The lowest BCUT2D eigenvalue weighted by Gasteiger charge is -2.25. The Bertz CT molecular complexity index is 1220. The summed E-state index contributed by atoms with van der Waals surface area (Å²) in [5.41, 5.74) is 16.7. The van der Waals surface area contributed by atoms with E-state index < -0.39 is 11.7 Å². The summed E-state index contributed by atoms with van der Waals surface area (Å²) in [5, 5.41) is 0. The molecule has 1 fully saturated rings. The number of amides is 1. The van der Waals surface area contributed by atoms with Crippen molar-refractivity contribution >= 4 is 23.1 Å². The number of hydrogen-bond acceptors (Lipinski definition) is 5. The third kappa shape index (κ3) is 3.34. The Morgan fingerprint density at radius 3 is 2.75 bits per heavy atom. The van der Waals surface area contributed by atoms with E-state index >= 15 is 4.39 Å². The molecule has 0 radical (unpaired) electrons. The molecule has 6 nitrogen and oxygen atoms in total. The zero-order valence-electron chi connectivity index (χ0n) is 17.9. The number of ether oxygens (including phenoxy) is 1. The molecule has 1 aliphatic heterocycles. The number of benzene rings is 2. The quantitative estimate of drug-likeness (QED) is 0.632. The van der Waals surface area contributed by atoms with Crippen LogP contribution in [-0.4, -0.2) is 24.0 Å². The van der Waals surface area contributed by atoms with E-state index in [4.69, 9.17) is 16.2 Å². The Morgan fingerprint density at radius 1 is 1.19 bits per heavy atom. The largest absolute Gasteiger partial charge is 0.491 e. The Hall–Kier alpha value is -3.61. The van der Waals surface area contributed by atoms with Crippen LogP contribution in [0.5, 0.6) is 5.75 Å². The van der Waals surface area contributed by atoms with E-state index in [-0.39, 0.29) is 18.0 Å². The van der Waals surface area contributed by atoms with Gasteiger partial charge in [0, 0.05) is 17.4 Å². The number of rotatable bonds is 4. The van der Waals surface area contributed by atoms with Crippen molar-refractivity contribution in [3.05, 3.63) is 65.1 Å². The van der Waals surface area contributed by atoms with Gasteiger partial charge in [0.05, 0.1) is 12.2 Å². The zero-order valence-corrected chi connectivity index (χ0v) is 17.9. The van der Waals surface area contributed by atoms with Crippen LogP contribution in [0.2, 0.25) is 0 Å². The number of hydrogen-bond donors (Lipinski definition) is 2. The van der Waals surface area contributed by atoms with Gasteiger partial charge in [0.2, 0.25) is 0 Å². The summed E-state index contributed by atoms with van der Waals surface area (Å²) in [5.74, 6) is 0.0407. The molecular formula is C25H25FN4O2. The van der Waals surface area contributed by atoms with Crippen LogP contribution < -0.4 is 21.1 Å². The molecular weight excluding hydrogens is 407 g/mol. The van der Waals surface area contributed by atoms with Crippen LogP contribution >= 0.6 is 0 Å². The van der Waals surface area contributed by atoms with Crippen molar-refractivity contribution in [1.82, 2.24) is 4.98 Å². The molecule has 3 aromatic rings. The summed E-state index contributed by atoms with van der Waals surface area (Å²) in [7, 11) is 0. The molecule has 1 saturated carbocycles. The fourth-order valence-corrected chi connectivity index (χ4v) is 4.46.